The summed E-state index contributed by atoms with van der Waals surface area (Å²) in [6.07, 6.45) is 4.74. The van der Waals surface area contributed by atoms with Crippen LogP contribution in [0.4, 0.5) is 5.69 Å². The zero-order valence-electron chi connectivity index (χ0n) is 11.3. The summed E-state index contributed by atoms with van der Waals surface area (Å²) in [5.41, 5.74) is 1.96. The van der Waals surface area contributed by atoms with Crippen molar-refractivity contribution < 1.29 is 9.53 Å². The average molecular weight is 337 g/mol. The van der Waals surface area contributed by atoms with Crippen molar-refractivity contribution in [3.8, 4) is 0 Å². The molecule has 1 aliphatic heterocycles. The highest BCUT2D eigenvalue weighted by atomic mass is 79.9. The van der Waals surface area contributed by atoms with Gasteiger partial charge >= 0.3 is 0 Å². The molecule has 0 bridgehead atoms. The molecule has 1 saturated heterocycles. The van der Waals surface area contributed by atoms with Crippen LogP contribution in [0, 0.1) is 0 Å². The molecule has 1 heterocycles. The molecule has 20 heavy (non-hydrogen) atoms. The number of rotatable bonds is 3. The van der Waals surface area contributed by atoms with E-state index in [-0.39, 0.29) is 5.54 Å². The summed E-state index contributed by atoms with van der Waals surface area (Å²) < 4.78 is 6.45. The molecule has 0 aromatic heterocycles. The maximum Gasteiger partial charge on any atom is 0.235 e. The van der Waals surface area contributed by atoms with E-state index in [2.05, 4.69) is 38.0 Å². The lowest BCUT2D eigenvalue weighted by atomic mass is 9.71. The summed E-state index contributed by atoms with van der Waals surface area (Å²) in [6, 6.07) is 6.27. The third kappa shape index (κ3) is 2.41. The summed E-state index contributed by atoms with van der Waals surface area (Å²) in [6.45, 7) is 3.27. The second-order valence-electron chi connectivity index (χ2n) is 5.35. The molecule has 1 saturated carbocycles. The van der Waals surface area contributed by atoms with Crippen LogP contribution < -0.4 is 4.90 Å². The molecule has 4 nitrogen and oxygen atoms in total. The Morgan fingerprint density at radius 2 is 2.05 bits per heavy atom. The van der Waals surface area contributed by atoms with Crippen molar-refractivity contribution in [3.05, 3.63) is 28.2 Å². The van der Waals surface area contributed by atoms with Gasteiger partial charge in [-0.15, -0.1) is 0 Å². The van der Waals surface area contributed by atoms with Gasteiger partial charge < -0.3 is 9.64 Å². The molecule has 0 N–H and O–H groups in total. The van der Waals surface area contributed by atoms with Gasteiger partial charge in [0.2, 0.25) is 6.08 Å². The highest BCUT2D eigenvalue weighted by Gasteiger charge is 2.41. The Kier molecular flexibility index (Phi) is 3.92. The van der Waals surface area contributed by atoms with Crippen molar-refractivity contribution in [2.75, 3.05) is 31.2 Å². The SMILES string of the molecule is O=C=NC1(c2cc(Br)ccc2N2CCOCC2)CCC1. The standard InChI is InChI=1S/C15H17BrN2O2/c16-12-2-3-14(18-6-8-20-9-7-18)13(10-12)15(17-11-19)4-1-5-15/h2-3,10H,1,4-9H2. The lowest BCUT2D eigenvalue weighted by Crippen LogP contribution is -2.40. The van der Waals surface area contributed by atoms with Gasteiger partial charge in [0.1, 0.15) is 5.54 Å². The zero-order valence-corrected chi connectivity index (χ0v) is 12.9. The van der Waals surface area contributed by atoms with E-state index in [1.165, 1.54) is 5.69 Å². The van der Waals surface area contributed by atoms with Crippen molar-refractivity contribution in [1.29, 1.82) is 0 Å². The fraction of sp³-hybridized carbons (Fsp3) is 0.533. The molecule has 0 amide bonds. The van der Waals surface area contributed by atoms with Crippen LogP contribution in [0.25, 0.3) is 0 Å². The second kappa shape index (κ2) is 5.68. The number of morpholine rings is 1. The number of anilines is 1. The monoisotopic (exact) mass is 336 g/mol. The van der Waals surface area contributed by atoms with Crippen molar-refractivity contribution in [3.63, 3.8) is 0 Å². The maximum absolute atomic E-state index is 10.8. The van der Waals surface area contributed by atoms with Gasteiger partial charge in [-0.25, -0.2) is 4.79 Å². The molecule has 106 valence electrons. The average Bonchev–Trinajstić information content (AvgIpc) is 2.44. The predicted molar refractivity (Wildman–Crippen MR) is 80.8 cm³/mol. The first-order valence-corrected chi connectivity index (χ1v) is 7.76. The number of halogens is 1. The number of hydrogen-bond donors (Lipinski definition) is 0. The summed E-state index contributed by atoms with van der Waals surface area (Å²) in [4.78, 5) is 17.3. The molecule has 3 rings (SSSR count). The van der Waals surface area contributed by atoms with Crippen molar-refractivity contribution in [1.82, 2.24) is 0 Å². The van der Waals surface area contributed by atoms with Gasteiger partial charge in [0, 0.05) is 28.8 Å². The highest BCUT2D eigenvalue weighted by Crippen LogP contribution is 2.48. The highest BCUT2D eigenvalue weighted by molar-refractivity contribution is 9.10. The van der Waals surface area contributed by atoms with Crippen LogP contribution in [-0.4, -0.2) is 32.4 Å². The van der Waals surface area contributed by atoms with E-state index in [0.717, 1.165) is 55.6 Å². The van der Waals surface area contributed by atoms with E-state index in [1.54, 1.807) is 6.08 Å². The van der Waals surface area contributed by atoms with E-state index < -0.39 is 0 Å². The van der Waals surface area contributed by atoms with E-state index in [1.807, 2.05) is 6.07 Å². The first-order chi connectivity index (χ1) is 9.75. The Balaban J connectivity index is 2.03. The van der Waals surface area contributed by atoms with E-state index in [4.69, 9.17) is 4.74 Å². The summed E-state index contributed by atoms with van der Waals surface area (Å²) in [5.74, 6) is 0. The van der Waals surface area contributed by atoms with Crippen LogP contribution in [0.5, 0.6) is 0 Å². The van der Waals surface area contributed by atoms with Gasteiger partial charge in [0.05, 0.1) is 13.2 Å². The quantitative estimate of drug-likeness (QED) is 0.629. The van der Waals surface area contributed by atoms with Crippen LogP contribution in [0.1, 0.15) is 24.8 Å². The normalized spacial score (nSPS) is 20.9. The zero-order chi connectivity index (χ0) is 14.0. The number of nitrogens with zero attached hydrogens (tertiary/aromatic N) is 2. The Labute approximate surface area is 127 Å². The molecule has 2 fully saturated rings. The smallest absolute Gasteiger partial charge is 0.235 e. The second-order valence-corrected chi connectivity index (χ2v) is 6.26. The lowest BCUT2D eigenvalue weighted by molar-refractivity contribution is 0.122. The molecule has 0 spiro atoms. The molecule has 1 aromatic carbocycles. The van der Waals surface area contributed by atoms with Crippen LogP contribution in [0.15, 0.2) is 27.7 Å². The predicted octanol–water partition coefficient (Wildman–Crippen LogP) is 3.00. The summed E-state index contributed by atoms with van der Waals surface area (Å²) in [5, 5.41) is 0. The molecule has 1 aromatic rings. The van der Waals surface area contributed by atoms with Crippen LogP contribution >= 0.6 is 15.9 Å². The molecule has 2 aliphatic rings. The van der Waals surface area contributed by atoms with Crippen LogP contribution in [0.2, 0.25) is 0 Å². The molecule has 0 radical (unpaired) electrons. The van der Waals surface area contributed by atoms with Crippen molar-refractivity contribution >= 4 is 27.7 Å². The van der Waals surface area contributed by atoms with Crippen molar-refractivity contribution in [2.24, 2.45) is 4.99 Å². The first-order valence-electron chi connectivity index (χ1n) is 6.97. The number of isocyanates is 1. The van der Waals surface area contributed by atoms with E-state index in [9.17, 15) is 4.79 Å². The van der Waals surface area contributed by atoms with E-state index >= 15 is 0 Å². The molecular formula is C15H17BrN2O2. The Morgan fingerprint density at radius 1 is 1.30 bits per heavy atom. The van der Waals surface area contributed by atoms with Gasteiger partial charge in [0.25, 0.3) is 0 Å². The molecule has 1 aliphatic carbocycles. The summed E-state index contributed by atoms with van der Waals surface area (Å²) in [7, 11) is 0. The number of carbonyl (C=O) groups excluding carboxylic acids is 1. The van der Waals surface area contributed by atoms with Crippen LogP contribution in [-0.2, 0) is 15.1 Å². The minimum absolute atomic E-state index is 0.362. The molecular weight excluding hydrogens is 320 g/mol. The van der Waals surface area contributed by atoms with Gasteiger partial charge in [-0.3, -0.25) is 0 Å². The number of benzene rings is 1. The largest absolute Gasteiger partial charge is 0.378 e. The fourth-order valence-corrected chi connectivity index (χ4v) is 3.36. The number of aliphatic imine (C=N–C) groups is 1. The first kappa shape index (κ1) is 13.8. The van der Waals surface area contributed by atoms with Crippen molar-refractivity contribution in [2.45, 2.75) is 24.8 Å². The maximum atomic E-state index is 10.8. The molecule has 5 heteroatoms. The molecule has 0 atom stereocenters. The fourth-order valence-electron chi connectivity index (χ4n) is 3.00. The lowest BCUT2D eigenvalue weighted by Gasteiger charge is -2.41. The molecule has 0 unspecified atom stereocenters. The Morgan fingerprint density at radius 3 is 2.65 bits per heavy atom. The van der Waals surface area contributed by atoms with E-state index in [0.29, 0.717) is 0 Å². The third-order valence-electron chi connectivity index (χ3n) is 4.25. The van der Waals surface area contributed by atoms with Gasteiger partial charge in [0.15, 0.2) is 0 Å². The van der Waals surface area contributed by atoms with Crippen LogP contribution in [0.3, 0.4) is 0 Å². The summed E-state index contributed by atoms with van der Waals surface area (Å²) >= 11 is 3.53. The number of ether oxygens (including phenoxy) is 1. The van der Waals surface area contributed by atoms with Gasteiger partial charge in [-0.05, 0) is 37.5 Å². The van der Waals surface area contributed by atoms with Gasteiger partial charge in [-0.1, -0.05) is 15.9 Å². The minimum Gasteiger partial charge on any atom is -0.378 e. The number of hydrogen-bond acceptors (Lipinski definition) is 4. The Bertz CT molecular complexity index is 545. The van der Waals surface area contributed by atoms with Gasteiger partial charge in [-0.2, -0.15) is 4.99 Å². The minimum atomic E-state index is -0.362. The Hall–Kier alpha value is -1.16. The topological polar surface area (TPSA) is 41.9 Å². The third-order valence-corrected chi connectivity index (χ3v) is 4.75.